The number of fused-ring (bicyclic) bond motifs is 4. The van der Waals surface area contributed by atoms with Crippen molar-refractivity contribution in [2.24, 2.45) is 0 Å². The first-order chi connectivity index (χ1) is 20.2. The number of aryl methyl sites for hydroxylation is 2. The van der Waals surface area contributed by atoms with Crippen molar-refractivity contribution < 1.29 is 13.6 Å². The Bertz CT molecular complexity index is 1740. The van der Waals surface area contributed by atoms with Gasteiger partial charge in [0.1, 0.15) is 22.9 Å². The van der Waals surface area contributed by atoms with Crippen molar-refractivity contribution in [2.75, 3.05) is 16.3 Å². The molecule has 2 saturated carbocycles. The van der Waals surface area contributed by atoms with E-state index in [1.165, 1.54) is 6.20 Å². The predicted molar refractivity (Wildman–Crippen MR) is 154 cm³/mol. The fourth-order valence-electron chi connectivity index (χ4n) is 6.19. The van der Waals surface area contributed by atoms with Gasteiger partial charge in [0.15, 0.2) is 11.6 Å². The Labute approximate surface area is 246 Å². The third kappa shape index (κ3) is 4.36. The van der Waals surface area contributed by atoms with Crippen molar-refractivity contribution in [1.82, 2.24) is 29.3 Å². The molecule has 0 radical (unpaired) electrons. The Morgan fingerprint density at radius 1 is 1.10 bits per heavy atom. The van der Waals surface area contributed by atoms with E-state index in [4.69, 9.17) is 16.6 Å². The van der Waals surface area contributed by atoms with E-state index < -0.39 is 5.92 Å². The van der Waals surface area contributed by atoms with Crippen LogP contribution in [0.2, 0.25) is 5.02 Å². The van der Waals surface area contributed by atoms with E-state index in [0.717, 1.165) is 67.8 Å². The lowest BCUT2D eigenvalue weighted by atomic mass is 10.00. The number of aromatic nitrogens is 6. The highest BCUT2D eigenvalue weighted by Crippen LogP contribution is 2.43. The molecule has 2 fully saturated rings. The smallest absolute Gasteiger partial charge is 0.288 e. The van der Waals surface area contributed by atoms with Crippen LogP contribution in [0.5, 0.6) is 0 Å². The van der Waals surface area contributed by atoms with Crippen LogP contribution in [0.4, 0.5) is 20.3 Å². The maximum absolute atomic E-state index is 14.0. The normalized spacial score (nSPS) is 18.5. The fraction of sp³-hybridized carbons (Fsp3) is 0.433. The van der Waals surface area contributed by atoms with Gasteiger partial charge in [-0.3, -0.25) is 9.48 Å². The topological polar surface area (TPSA) is 85.0 Å². The molecule has 1 amide bonds. The summed E-state index contributed by atoms with van der Waals surface area (Å²) in [5, 5.41) is 4.98. The van der Waals surface area contributed by atoms with Crippen LogP contribution in [0.1, 0.15) is 61.9 Å². The molecule has 4 aliphatic rings. The van der Waals surface area contributed by atoms with E-state index in [1.54, 1.807) is 12.4 Å². The second kappa shape index (κ2) is 9.32. The highest BCUT2D eigenvalue weighted by Gasteiger charge is 2.41. The van der Waals surface area contributed by atoms with Gasteiger partial charge < -0.3 is 14.4 Å². The second-order valence-corrected chi connectivity index (χ2v) is 12.3. The summed E-state index contributed by atoms with van der Waals surface area (Å²) in [6.45, 7) is 2.17. The van der Waals surface area contributed by atoms with Crippen molar-refractivity contribution in [1.29, 1.82) is 0 Å². The molecule has 0 spiro atoms. The number of hydrogen-bond donors (Lipinski definition) is 0. The molecular formula is C30H29ClF2N8O. The van der Waals surface area contributed by atoms with E-state index in [1.807, 2.05) is 31.2 Å². The van der Waals surface area contributed by atoms with Gasteiger partial charge in [-0.25, -0.2) is 15.0 Å². The van der Waals surface area contributed by atoms with Crippen LogP contribution in [-0.4, -0.2) is 47.8 Å². The van der Waals surface area contributed by atoms with Gasteiger partial charge in [-0.15, -0.1) is 0 Å². The quantitative estimate of drug-likeness (QED) is 0.284. The Morgan fingerprint density at radius 2 is 1.90 bits per heavy atom. The average Bonchev–Trinajstić information content (AvgIpc) is 3.89. The molecule has 4 aromatic rings. The molecule has 3 aromatic heterocycles. The monoisotopic (exact) mass is 590 g/mol. The average molecular weight is 591 g/mol. The van der Waals surface area contributed by atoms with Gasteiger partial charge >= 0.3 is 0 Å². The maximum atomic E-state index is 14.0. The standard InChI is InChI=1S/C30H29ClF2N8O/c1-30(32,33)24-15-38-10-2-3-18-11-17(4-9-21(18)28(38)36-24)14-39-16-25(42)40(19-5-6-19)23-13-34-27(37-29(23)39)26-22(31)12-35-41(26)20-7-8-20/h4,9,11-13,15,19-20H,2-3,5-8,10,14,16H2,1H3. The van der Waals surface area contributed by atoms with Crippen LogP contribution in [0.25, 0.3) is 22.9 Å². The summed E-state index contributed by atoms with van der Waals surface area (Å²) < 4.78 is 31.8. The summed E-state index contributed by atoms with van der Waals surface area (Å²) in [5.41, 5.74) is 4.15. The van der Waals surface area contributed by atoms with Crippen LogP contribution in [0.3, 0.4) is 0 Å². The largest absolute Gasteiger partial charge is 0.341 e. The molecule has 0 unspecified atom stereocenters. The molecule has 9 nitrogen and oxygen atoms in total. The molecule has 0 atom stereocenters. The maximum Gasteiger partial charge on any atom is 0.288 e. The summed E-state index contributed by atoms with van der Waals surface area (Å²) >= 11 is 6.57. The number of imidazole rings is 1. The summed E-state index contributed by atoms with van der Waals surface area (Å²) in [6.07, 6.45) is 10.5. The van der Waals surface area contributed by atoms with Crippen molar-refractivity contribution in [2.45, 2.75) is 76.5 Å². The Kier molecular flexibility index (Phi) is 5.73. The zero-order chi connectivity index (χ0) is 28.7. The lowest BCUT2D eigenvalue weighted by molar-refractivity contribution is -0.117. The Morgan fingerprint density at radius 3 is 2.67 bits per heavy atom. The Hall–Kier alpha value is -3.86. The van der Waals surface area contributed by atoms with Crippen LogP contribution in [-0.2, 0) is 30.2 Å². The summed E-state index contributed by atoms with van der Waals surface area (Å²) in [5.74, 6) is -1.19. The summed E-state index contributed by atoms with van der Waals surface area (Å²) in [4.78, 5) is 31.2. The van der Waals surface area contributed by atoms with Gasteiger partial charge in [0.25, 0.3) is 5.92 Å². The first-order valence-corrected chi connectivity index (χ1v) is 14.9. The van der Waals surface area contributed by atoms with E-state index in [0.29, 0.717) is 47.3 Å². The molecule has 5 heterocycles. The van der Waals surface area contributed by atoms with Gasteiger partial charge in [-0.1, -0.05) is 29.8 Å². The van der Waals surface area contributed by atoms with Crippen LogP contribution >= 0.6 is 11.6 Å². The lowest BCUT2D eigenvalue weighted by Gasteiger charge is -2.36. The molecule has 12 heteroatoms. The SMILES string of the molecule is CC(F)(F)c1cn2c(n1)-c1ccc(CN3CC(=O)N(C4CC4)c4cnc(-c5c(Cl)cnn5C5CC5)nc43)cc1CCC2. The molecule has 216 valence electrons. The number of rotatable bonds is 6. The van der Waals surface area contributed by atoms with E-state index >= 15 is 0 Å². The molecular weight excluding hydrogens is 562 g/mol. The van der Waals surface area contributed by atoms with E-state index in [2.05, 4.69) is 21.1 Å². The first-order valence-electron chi connectivity index (χ1n) is 14.5. The third-order valence-corrected chi connectivity index (χ3v) is 8.80. The van der Waals surface area contributed by atoms with Crippen LogP contribution < -0.4 is 9.80 Å². The predicted octanol–water partition coefficient (Wildman–Crippen LogP) is 5.77. The zero-order valence-corrected chi connectivity index (χ0v) is 23.9. The third-order valence-electron chi connectivity index (χ3n) is 8.53. The molecule has 0 bridgehead atoms. The van der Waals surface area contributed by atoms with Crippen molar-refractivity contribution in [3.63, 3.8) is 0 Å². The molecule has 0 N–H and O–H groups in total. The van der Waals surface area contributed by atoms with Crippen LogP contribution in [0, 0.1) is 0 Å². The molecule has 0 saturated heterocycles. The minimum atomic E-state index is -3.00. The number of halogens is 3. The molecule has 2 aliphatic carbocycles. The van der Waals surface area contributed by atoms with E-state index in [9.17, 15) is 13.6 Å². The van der Waals surface area contributed by atoms with Gasteiger partial charge in [-0.05, 0) is 49.7 Å². The number of amides is 1. The number of carbonyl (C=O) groups is 1. The molecule has 2 aliphatic heterocycles. The minimum Gasteiger partial charge on any atom is -0.341 e. The number of benzene rings is 1. The lowest BCUT2D eigenvalue weighted by Crippen LogP contribution is -2.47. The van der Waals surface area contributed by atoms with Crippen molar-refractivity contribution in [3.8, 4) is 22.9 Å². The number of hydrogen-bond acceptors (Lipinski definition) is 6. The Balaban J connectivity index is 1.16. The molecule has 1 aromatic carbocycles. The fourth-order valence-corrected chi connectivity index (χ4v) is 6.40. The van der Waals surface area contributed by atoms with Gasteiger partial charge in [0.2, 0.25) is 5.91 Å². The number of carbonyl (C=O) groups excluding carboxylic acids is 1. The highest BCUT2D eigenvalue weighted by molar-refractivity contribution is 6.32. The molecule has 42 heavy (non-hydrogen) atoms. The zero-order valence-electron chi connectivity index (χ0n) is 23.1. The van der Waals surface area contributed by atoms with Crippen molar-refractivity contribution in [3.05, 3.63) is 58.6 Å². The van der Waals surface area contributed by atoms with Crippen LogP contribution in [0.15, 0.2) is 36.8 Å². The van der Waals surface area contributed by atoms with Gasteiger partial charge in [0, 0.05) is 37.8 Å². The highest BCUT2D eigenvalue weighted by atomic mass is 35.5. The first kappa shape index (κ1) is 25.8. The number of alkyl halides is 2. The molecule has 8 rings (SSSR count). The minimum absolute atomic E-state index is 0.0345. The second-order valence-electron chi connectivity index (χ2n) is 11.9. The number of anilines is 2. The van der Waals surface area contributed by atoms with Gasteiger partial charge in [0.05, 0.1) is 30.0 Å². The summed E-state index contributed by atoms with van der Waals surface area (Å²) in [6, 6.07) is 6.57. The van der Waals surface area contributed by atoms with Gasteiger partial charge in [-0.2, -0.15) is 13.9 Å². The number of nitrogens with zero attached hydrogens (tertiary/aromatic N) is 8. The van der Waals surface area contributed by atoms with E-state index in [-0.39, 0.29) is 24.2 Å². The van der Waals surface area contributed by atoms with Crippen molar-refractivity contribution >= 4 is 29.0 Å². The summed E-state index contributed by atoms with van der Waals surface area (Å²) in [7, 11) is 0.